The number of aliphatic carboxylic acids is 1. The van der Waals surface area contributed by atoms with Crippen molar-refractivity contribution in [3.05, 3.63) is 0 Å². The molecule has 3 unspecified atom stereocenters. The number of hydrogen-bond donors (Lipinski definition) is 3. The molecule has 0 aromatic heterocycles. The number of carboxylic acids is 1. The van der Waals surface area contributed by atoms with Crippen LogP contribution >= 0.6 is 0 Å². The molecule has 0 aliphatic heterocycles. The molecule has 86 valence electrons. The van der Waals surface area contributed by atoms with Crippen molar-refractivity contribution < 1.29 is 14.7 Å². The molecule has 0 radical (unpaired) electrons. The molecule has 15 heavy (non-hydrogen) atoms. The van der Waals surface area contributed by atoms with Gasteiger partial charge in [0.25, 0.3) is 0 Å². The third kappa shape index (κ3) is 2.92. The second-order valence-corrected chi connectivity index (χ2v) is 4.00. The summed E-state index contributed by atoms with van der Waals surface area (Å²) in [5, 5.41) is 14.5. The molecule has 3 N–H and O–H groups in total. The Morgan fingerprint density at radius 3 is 2.60 bits per heavy atom. The minimum Gasteiger partial charge on any atom is -0.481 e. The average Bonchev–Trinajstić information content (AvgIpc) is 2.64. The summed E-state index contributed by atoms with van der Waals surface area (Å²) < 4.78 is 0. The third-order valence-corrected chi connectivity index (χ3v) is 2.99. The largest absolute Gasteiger partial charge is 0.481 e. The van der Waals surface area contributed by atoms with Gasteiger partial charge in [0.2, 0.25) is 5.91 Å². The van der Waals surface area contributed by atoms with E-state index in [1.54, 1.807) is 14.0 Å². The second kappa shape index (κ2) is 5.11. The Hall–Kier alpha value is -1.10. The Labute approximate surface area is 89.2 Å². The lowest BCUT2D eigenvalue weighted by molar-refractivity contribution is -0.142. The number of carbonyl (C=O) groups is 2. The van der Waals surface area contributed by atoms with E-state index in [1.807, 2.05) is 0 Å². The molecule has 1 fully saturated rings. The Bertz CT molecular complexity index is 255. The lowest BCUT2D eigenvalue weighted by Crippen LogP contribution is -2.47. The molecule has 1 saturated carbocycles. The summed E-state index contributed by atoms with van der Waals surface area (Å²) >= 11 is 0. The summed E-state index contributed by atoms with van der Waals surface area (Å²) in [7, 11) is 1.70. The molecular weight excluding hydrogens is 196 g/mol. The number of carboxylic acid groups (broad SMARTS) is 1. The maximum atomic E-state index is 11.5. The predicted octanol–water partition coefficient (Wildman–Crippen LogP) is -0.0362. The first-order valence-electron chi connectivity index (χ1n) is 5.26. The zero-order chi connectivity index (χ0) is 11.4. The van der Waals surface area contributed by atoms with Gasteiger partial charge in [-0.1, -0.05) is 6.42 Å². The number of nitrogens with one attached hydrogen (secondary N) is 2. The van der Waals surface area contributed by atoms with Crippen LogP contribution < -0.4 is 10.6 Å². The van der Waals surface area contributed by atoms with Gasteiger partial charge < -0.3 is 15.7 Å². The molecule has 0 heterocycles. The van der Waals surface area contributed by atoms with Crippen LogP contribution in [0.4, 0.5) is 0 Å². The van der Waals surface area contributed by atoms with Crippen LogP contribution in [0.1, 0.15) is 26.2 Å². The molecule has 0 spiro atoms. The molecule has 5 nitrogen and oxygen atoms in total. The van der Waals surface area contributed by atoms with Crippen molar-refractivity contribution in [2.75, 3.05) is 7.05 Å². The monoisotopic (exact) mass is 214 g/mol. The molecule has 1 amide bonds. The molecule has 5 heteroatoms. The molecule has 1 aliphatic carbocycles. The maximum Gasteiger partial charge on any atom is 0.308 e. The lowest BCUT2D eigenvalue weighted by atomic mass is 10.0. The van der Waals surface area contributed by atoms with Crippen LogP contribution in [0.3, 0.4) is 0 Å². The number of carbonyl (C=O) groups excluding carboxylic acids is 1. The van der Waals surface area contributed by atoms with Gasteiger partial charge in [-0.3, -0.25) is 9.59 Å². The van der Waals surface area contributed by atoms with E-state index in [-0.39, 0.29) is 18.0 Å². The summed E-state index contributed by atoms with van der Waals surface area (Å²) in [6.07, 6.45) is 2.29. The Morgan fingerprint density at radius 1 is 1.40 bits per heavy atom. The zero-order valence-corrected chi connectivity index (χ0v) is 9.12. The summed E-state index contributed by atoms with van der Waals surface area (Å²) in [5.74, 6) is -1.36. The van der Waals surface area contributed by atoms with Gasteiger partial charge in [0.05, 0.1) is 12.0 Å². The SMILES string of the molecule is CNC(C)C(=O)NC1CCCC1C(=O)O. The van der Waals surface area contributed by atoms with E-state index in [0.717, 1.165) is 12.8 Å². The average molecular weight is 214 g/mol. The fourth-order valence-corrected chi connectivity index (χ4v) is 1.87. The van der Waals surface area contributed by atoms with Crippen LogP contribution in [-0.4, -0.2) is 36.1 Å². The fraction of sp³-hybridized carbons (Fsp3) is 0.800. The van der Waals surface area contributed by atoms with Crippen molar-refractivity contribution in [3.63, 3.8) is 0 Å². The van der Waals surface area contributed by atoms with Crippen LogP contribution in [0.2, 0.25) is 0 Å². The highest BCUT2D eigenvalue weighted by Gasteiger charge is 2.34. The molecular formula is C10H18N2O3. The quantitative estimate of drug-likeness (QED) is 0.614. The summed E-state index contributed by atoms with van der Waals surface area (Å²) in [6.45, 7) is 1.75. The van der Waals surface area contributed by atoms with Gasteiger partial charge >= 0.3 is 5.97 Å². The minimum absolute atomic E-state index is 0.129. The van der Waals surface area contributed by atoms with E-state index in [0.29, 0.717) is 6.42 Å². The molecule has 0 aromatic carbocycles. The zero-order valence-electron chi connectivity index (χ0n) is 9.12. The van der Waals surface area contributed by atoms with Crippen molar-refractivity contribution in [3.8, 4) is 0 Å². The van der Waals surface area contributed by atoms with Gasteiger partial charge in [0, 0.05) is 6.04 Å². The lowest BCUT2D eigenvalue weighted by Gasteiger charge is -2.19. The standard InChI is InChI=1S/C10H18N2O3/c1-6(11-2)9(13)12-8-5-3-4-7(8)10(14)15/h6-8,11H,3-5H2,1-2H3,(H,12,13)(H,14,15). The van der Waals surface area contributed by atoms with Crippen LogP contribution in [0.25, 0.3) is 0 Å². The summed E-state index contributed by atoms with van der Waals surface area (Å²) in [6, 6.07) is -0.481. The highest BCUT2D eigenvalue weighted by atomic mass is 16.4. The fourth-order valence-electron chi connectivity index (χ4n) is 1.87. The molecule has 0 saturated heterocycles. The van der Waals surface area contributed by atoms with Gasteiger partial charge in [0.15, 0.2) is 0 Å². The van der Waals surface area contributed by atoms with Crippen LogP contribution in [0.5, 0.6) is 0 Å². The van der Waals surface area contributed by atoms with Crippen molar-refractivity contribution in [1.82, 2.24) is 10.6 Å². The highest BCUT2D eigenvalue weighted by Crippen LogP contribution is 2.25. The summed E-state index contributed by atoms with van der Waals surface area (Å²) in [4.78, 5) is 22.4. The van der Waals surface area contributed by atoms with Gasteiger partial charge in [-0.25, -0.2) is 0 Å². The first kappa shape index (κ1) is 12.0. The topological polar surface area (TPSA) is 78.4 Å². The Balaban J connectivity index is 2.50. The van der Waals surface area contributed by atoms with Crippen molar-refractivity contribution in [1.29, 1.82) is 0 Å². The highest BCUT2D eigenvalue weighted by molar-refractivity contribution is 5.82. The van der Waals surface area contributed by atoms with Crippen molar-refractivity contribution >= 4 is 11.9 Å². The van der Waals surface area contributed by atoms with Crippen molar-refractivity contribution in [2.45, 2.75) is 38.3 Å². The van der Waals surface area contributed by atoms with Gasteiger partial charge in [0.1, 0.15) is 0 Å². The normalized spacial score (nSPS) is 27.3. The van der Waals surface area contributed by atoms with Crippen molar-refractivity contribution in [2.24, 2.45) is 5.92 Å². The molecule has 3 atom stereocenters. The van der Waals surface area contributed by atoms with E-state index in [2.05, 4.69) is 10.6 Å². The number of rotatable bonds is 4. The number of amides is 1. The summed E-state index contributed by atoms with van der Waals surface area (Å²) in [5.41, 5.74) is 0. The molecule has 0 aromatic rings. The van der Waals surface area contributed by atoms with Crippen LogP contribution in [0.15, 0.2) is 0 Å². The Morgan fingerprint density at radius 2 is 2.07 bits per heavy atom. The Kier molecular flexibility index (Phi) is 4.08. The smallest absolute Gasteiger partial charge is 0.308 e. The van der Waals surface area contributed by atoms with Crippen LogP contribution in [-0.2, 0) is 9.59 Å². The van der Waals surface area contributed by atoms with E-state index >= 15 is 0 Å². The van der Waals surface area contributed by atoms with E-state index in [1.165, 1.54) is 0 Å². The number of hydrogen-bond acceptors (Lipinski definition) is 3. The van der Waals surface area contributed by atoms with E-state index in [4.69, 9.17) is 5.11 Å². The van der Waals surface area contributed by atoms with Gasteiger partial charge in [-0.05, 0) is 26.8 Å². The second-order valence-electron chi connectivity index (χ2n) is 4.00. The first-order valence-corrected chi connectivity index (χ1v) is 5.26. The predicted molar refractivity (Wildman–Crippen MR) is 55.4 cm³/mol. The maximum absolute atomic E-state index is 11.5. The van der Waals surface area contributed by atoms with Gasteiger partial charge in [-0.15, -0.1) is 0 Å². The molecule has 1 aliphatic rings. The third-order valence-electron chi connectivity index (χ3n) is 2.99. The number of likely N-dealkylation sites (N-methyl/N-ethyl adjacent to an activating group) is 1. The molecule has 0 bridgehead atoms. The minimum atomic E-state index is -0.810. The van der Waals surface area contributed by atoms with E-state index < -0.39 is 11.9 Å². The molecule has 1 rings (SSSR count). The first-order chi connectivity index (χ1) is 7.06. The van der Waals surface area contributed by atoms with Crippen LogP contribution in [0, 0.1) is 5.92 Å². The van der Waals surface area contributed by atoms with Gasteiger partial charge in [-0.2, -0.15) is 0 Å². The van der Waals surface area contributed by atoms with E-state index in [9.17, 15) is 9.59 Å².